The largest absolute Gasteiger partial charge is 0.308 e. The molecule has 12 aromatic rings. The molecule has 0 unspecified atom stereocenters. The summed E-state index contributed by atoms with van der Waals surface area (Å²) in [6, 6.07) is 81.9. The molecule has 3 heterocycles. The number of aromatic nitrogens is 5. The van der Waals surface area contributed by atoms with Crippen molar-refractivity contribution in [3.8, 4) is 102 Å². The van der Waals surface area contributed by atoms with Crippen molar-refractivity contribution in [2.45, 2.75) is 13.8 Å². The van der Waals surface area contributed by atoms with Crippen molar-refractivity contribution in [3.05, 3.63) is 247 Å². The van der Waals surface area contributed by atoms with Gasteiger partial charge < -0.3 is 4.57 Å². The Kier molecular flexibility index (Phi) is 10.9. The van der Waals surface area contributed by atoms with Crippen LogP contribution in [0.25, 0.3) is 118 Å². The summed E-state index contributed by atoms with van der Waals surface area (Å²) in [5.41, 5.74) is 18.3. The van der Waals surface area contributed by atoms with Gasteiger partial charge in [0.25, 0.3) is 0 Å². The van der Waals surface area contributed by atoms with Crippen LogP contribution in [0, 0.1) is 25.2 Å². The second kappa shape index (κ2) is 18.2. The van der Waals surface area contributed by atoms with Crippen molar-refractivity contribution >= 4 is 21.8 Å². The average molecular weight is 909 g/mol. The highest BCUT2D eigenvalue weighted by atomic mass is 15.0. The Morgan fingerprint density at radius 3 is 1.10 bits per heavy atom. The minimum absolute atomic E-state index is 0.463. The highest BCUT2D eigenvalue weighted by molar-refractivity contribution is 6.13. The number of nitriles is 1. The number of hydrogen-bond donors (Lipinski definition) is 0. The molecule has 9 aromatic carbocycles. The minimum atomic E-state index is 0.463. The average Bonchev–Trinajstić information content (AvgIpc) is 3.76. The van der Waals surface area contributed by atoms with Gasteiger partial charge in [-0.15, -0.1) is 0 Å². The summed E-state index contributed by atoms with van der Waals surface area (Å²) in [7, 11) is 0. The summed E-state index contributed by atoms with van der Waals surface area (Å²) in [4.78, 5) is 21.2. The van der Waals surface area contributed by atoms with E-state index in [2.05, 4.69) is 146 Å². The summed E-state index contributed by atoms with van der Waals surface area (Å²) in [6.45, 7) is 4.33. The van der Waals surface area contributed by atoms with Crippen LogP contribution < -0.4 is 0 Å². The molecule has 0 N–H and O–H groups in total. The van der Waals surface area contributed by atoms with Crippen LogP contribution in [0.3, 0.4) is 0 Å². The van der Waals surface area contributed by atoms with Gasteiger partial charge in [-0.3, -0.25) is 0 Å². The summed E-state index contributed by atoms with van der Waals surface area (Å²) in [5.74, 6) is 1.15. The Morgan fingerprint density at radius 1 is 0.338 bits per heavy atom. The van der Waals surface area contributed by atoms with Crippen LogP contribution >= 0.6 is 0 Å². The van der Waals surface area contributed by atoms with E-state index < -0.39 is 0 Å². The van der Waals surface area contributed by atoms with E-state index in [1.54, 1.807) is 0 Å². The van der Waals surface area contributed by atoms with Crippen LogP contribution in [0.5, 0.6) is 0 Å². The number of hydrogen-bond acceptors (Lipinski definition) is 5. The smallest absolute Gasteiger partial charge is 0.160 e. The molecule has 0 aliphatic rings. The molecule has 0 bridgehead atoms. The highest BCUT2D eigenvalue weighted by Crippen LogP contribution is 2.45. The van der Waals surface area contributed by atoms with Crippen LogP contribution in [-0.4, -0.2) is 24.5 Å². The highest BCUT2D eigenvalue weighted by Gasteiger charge is 2.26. The lowest BCUT2D eigenvalue weighted by atomic mass is 9.95. The van der Waals surface area contributed by atoms with Crippen molar-refractivity contribution in [2.24, 2.45) is 0 Å². The fourth-order valence-electron chi connectivity index (χ4n) is 9.84. The monoisotopic (exact) mass is 908 g/mol. The van der Waals surface area contributed by atoms with E-state index in [0.29, 0.717) is 28.6 Å². The molecule has 0 spiro atoms. The van der Waals surface area contributed by atoms with Crippen molar-refractivity contribution in [1.29, 1.82) is 5.26 Å². The lowest BCUT2D eigenvalue weighted by Crippen LogP contribution is -2.05. The molecule has 0 saturated carbocycles. The third-order valence-corrected chi connectivity index (χ3v) is 13.3. The first-order valence-corrected chi connectivity index (χ1v) is 23.8. The Morgan fingerprint density at radius 2 is 0.704 bits per heavy atom. The van der Waals surface area contributed by atoms with Gasteiger partial charge in [0.1, 0.15) is 0 Å². The molecule has 12 rings (SSSR count). The first-order valence-electron chi connectivity index (χ1n) is 23.8. The van der Waals surface area contributed by atoms with Gasteiger partial charge in [-0.2, -0.15) is 5.26 Å². The number of aryl methyl sites for hydroxylation is 2. The second-order valence-corrected chi connectivity index (χ2v) is 17.8. The van der Waals surface area contributed by atoms with Crippen LogP contribution in [0.15, 0.2) is 231 Å². The van der Waals surface area contributed by atoms with E-state index in [1.165, 1.54) is 22.3 Å². The molecule has 0 fully saturated rings. The molecule has 71 heavy (non-hydrogen) atoms. The molecule has 0 saturated heterocycles. The van der Waals surface area contributed by atoms with Gasteiger partial charge in [-0.05, 0) is 95.8 Å². The first-order chi connectivity index (χ1) is 35.0. The van der Waals surface area contributed by atoms with Gasteiger partial charge in [-0.25, -0.2) is 19.9 Å². The maximum Gasteiger partial charge on any atom is 0.160 e. The standard InChI is InChI=1S/C65H44N6/c1-42-19-15-17-29-51(42)49-31-33-61-53(37-49)54-38-50(52-30-18-16-20-43(52)2)32-34-62(54)71(61)63-55(59-39-57(45-21-7-3-8-22-45)67-64(69-59)47-25-11-5-12-26-47)35-44(41-66)36-56(63)60-40-58(46-23-9-4-10-24-46)68-65(70-60)48-27-13-6-14-28-48/h3-40H,1-2H3. The number of benzene rings is 9. The zero-order chi connectivity index (χ0) is 47.8. The van der Waals surface area contributed by atoms with E-state index >= 15 is 0 Å². The molecule has 0 atom stereocenters. The quantitative estimate of drug-likeness (QED) is 0.144. The summed E-state index contributed by atoms with van der Waals surface area (Å²) >= 11 is 0. The molecule has 3 aromatic heterocycles. The number of rotatable bonds is 9. The Hall–Kier alpha value is -9.57. The van der Waals surface area contributed by atoms with Crippen molar-refractivity contribution in [1.82, 2.24) is 24.5 Å². The summed E-state index contributed by atoms with van der Waals surface area (Å²) in [5, 5.41) is 13.3. The van der Waals surface area contributed by atoms with E-state index in [-0.39, 0.29) is 0 Å². The lowest BCUT2D eigenvalue weighted by Gasteiger charge is -2.20. The van der Waals surface area contributed by atoms with Crippen LogP contribution in [-0.2, 0) is 0 Å². The normalized spacial score (nSPS) is 11.2. The van der Waals surface area contributed by atoms with E-state index in [9.17, 15) is 5.26 Å². The Labute approximate surface area is 412 Å². The maximum atomic E-state index is 11.1. The van der Waals surface area contributed by atoms with Gasteiger partial charge in [0.05, 0.1) is 51.1 Å². The maximum absolute atomic E-state index is 11.1. The van der Waals surface area contributed by atoms with Gasteiger partial charge in [0.2, 0.25) is 0 Å². The van der Waals surface area contributed by atoms with Crippen LogP contribution in [0.4, 0.5) is 0 Å². The van der Waals surface area contributed by atoms with Crippen molar-refractivity contribution in [2.75, 3.05) is 0 Å². The third kappa shape index (κ3) is 8.02. The predicted molar refractivity (Wildman–Crippen MR) is 290 cm³/mol. The van der Waals surface area contributed by atoms with Gasteiger partial charge in [0, 0.05) is 44.2 Å². The number of fused-ring (bicyclic) bond motifs is 3. The second-order valence-electron chi connectivity index (χ2n) is 17.8. The number of nitrogens with zero attached hydrogens (tertiary/aromatic N) is 6. The predicted octanol–water partition coefficient (Wildman–Crippen LogP) is 16.2. The van der Waals surface area contributed by atoms with Gasteiger partial charge >= 0.3 is 0 Å². The lowest BCUT2D eigenvalue weighted by molar-refractivity contribution is 1.14. The fourth-order valence-corrected chi connectivity index (χ4v) is 9.84. The summed E-state index contributed by atoms with van der Waals surface area (Å²) in [6.07, 6.45) is 0. The molecule has 0 amide bonds. The molecular weight excluding hydrogens is 865 g/mol. The third-order valence-electron chi connectivity index (χ3n) is 13.3. The molecular formula is C65H44N6. The summed E-state index contributed by atoms with van der Waals surface area (Å²) < 4.78 is 2.36. The van der Waals surface area contributed by atoms with E-state index in [4.69, 9.17) is 19.9 Å². The van der Waals surface area contributed by atoms with Gasteiger partial charge in [-0.1, -0.05) is 182 Å². The molecule has 0 aliphatic heterocycles. The van der Waals surface area contributed by atoms with Crippen LogP contribution in [0.1, 0.15) is 16.7 Å². The fraction of sp³-hybridized carbons (Fsp3) is 0.0308. The van der Waals surface area contributed by atoms with Crippen LogP contribution in [0.2, 0.25) is 0 Å². The molecule has 334 valence electrons. The minimum Gasteiger partial charge on any atom is -0.308 e. The molecule has 6 heteroatoms. The van der Waals surface area contributed by atoms with Crippen molar-refractivity contribution in [3.63, 3.8) is 0 Å². The SMILES string of the molecule is Cc1ccccc1-c1ccc2c(c1)c1cc(-c3ccccc3C)ccc1n2-c1c(-c2cc(-c3ccccc3)nc(-c3ccccc3)n2)cc(C#N)cc1-c1cc(-c2ccccc2)nc(-c2ccccc2)n1. The van der Waals surface area contributed by atoms with E-state index in [0.717, 1.165) is 83.4 Å². The zero-order valence-corrected chi connectivity index (χ0v) is 39.1. The van der Waals surface area contributed by atoms with E-state index in [1.807, 2.05) is 109 Å². The molecule has 0 radical (unpaired) electrons. The first kappa shape index (κ1) is 42.8. The topological polar surface area (TPSA) is 80.3 Å². The van der Waals surface area contributed by atoms with Crippen molar-refractivity contribution < 1.29 is 0 Å². The molecule has 6 nitrogen and oxygen atoms in total. The zero-order valence-electron chi connectivity index (χ0n) is 39.1. The Balaban J connectivity index is 1.24. The molecule has 0 aliphatic carbocycles. The Bertz CT molecular complexity index is 3640. The van der Waals surface area contributed by atoms with Gasteiger partial charge in [0.15, 0.2) is 11.6 Å².